The van der Waals surface area contributed by atoms with Gasteiger partial charge >= 0.3 is 0 Å². The van der Waals surface area contributed by atoms with Crippen molar-refractivity contribution in [1.29, 1.82) is 0 Å². The van der Waals surface area contributed by atoms with E-state index in [1.54, 1.807) is 13.2 Å². The van der Waals surface area contributed by atoms with Crippen molar-refractivity contribution in [2.45, 2.75) is 37.7 Å². The zero-order chi connectivity index (χ0) is 18.0. The van der Waals surface area contributed by atoms with E-state index in [1.807, 2.05) is 19.1 Å². The van der Waals surface area contributed by atoms with Crippen LogP contribution in [0.4, 0.5) is 0 Å². The average molecular weight is 368 g/mol. The Kier molecular flexibility index (Phi) is 5.48. The van der Waals surface area contributed by atoms with Gasteiger partial charge in [0.25, 0.3) is 0 Å². The monoisotopic (exact) mass is 368 g/mol. The fraction of sp³-hybridized carbons (Fsp3) is 0.556. The maximum absolute atomic E-state index is 12.3. The van der Waals surface area contributed by atoms with E-state index < -0.39 is 15.1 Å². The number of ether oxygens (including phenoxy) is 2. The van der Waals surface area contributed by atoms with Crippen LogP contribution in [0.2, 0.25) is 0 Å². The van der Waals surface area contributed by atoms with Gasteiger partial charge in [0.15, 0.2) is 9.84 Å². The van der Waals surface area contributed by atoms with Gasteiger partial charge in [-0.25, -0.2) is 8.42 Å². The van der Waals surface area contributed by atoms with Crippen LogP contribution in [-0.2, 0) is 25.9 Å². The van der Waals surface area contributed by atoms with Crippen LogP contribution in [0.5, 0.6) is 0 Å². The topological polar surface area (TPSA) is 86.0 Å². The minimum atomic E-state index is -3.15. The average Bonchev–Trinajstić information content (AvgIpc) is 3.23. The Bertz CT molecular complexity index is 786. The molecule has 3 rings (SSSR count). The minimum absolute atomic E-state index is 0.0891. The second-order valence-electron chi connectivity index (χ2n) is 6.60. The molecule has 2 aliphatic heterocycles. The summed E-state index contributed by atoms with van der Waals surface area (Å²) in [6, 6.07) is 3.56. The Morgan fingerprint density at radius 2 is 2.24 bits per heavy atom. The largest absolute Gasteiger partial charge is 0.459 e. The van der Waals surface area contributed by atoms with E-state index in [1.165, 1.54) is 0 Å². The summed E-state index contributed by atoms with van der Waals surface area (Å²) in [5, 5.41) is 8.54. The third-order valence-corrected chi connectivity index (χ3v) is 6.71. The van der Waals surface area contributed by atoms with Gasteiger partial charge < -0.3 is 19.0 Å². The molecule has 2 atom stereocenters. The summed E-state index contributed by atoms with van der Waals surface area (Å²) in [5.74, 6) is 1.33. The number of sulfone groups is 1. The number of methoxy groups -OCH3 is 1. The highest BCUT2D eigenvalue weighted by molar-refractivity contribution is 7.92. The van der Waals surface area contributed by atoms with Crippen LogP contribution < -0.4 is 0 Å². The van der Waals surface area contributed by atoms with Crippen molar-refractivity contribution >= 4 is 15.9 Å². The van der Waals surface area contributed by atoms with Crippen LogP contribution in [0, 0.1) is 0 Å². The molecule has 1 aromatic rings. The lowest BCUT2D eigenvalue weighted by molar-refractivity contribution is 0.117. The first-order chi connectivity index (χ1) is 11.9. The first-order valence-electron chi connectivity index (χ1n) is 8.35. The summed E-state index contributed by atoms with van der Waals surface area (Å²) < 4.78 is 40.9. The highest BCUT2D eigenvalue weighted by atomic mass is 32.2. The van der Waals surface area contributed by atoms with E-state index in [2.05, 4.69) is 0 Å². The van der Waals surface area contributed by atoms with Crippen molar-refractivity contribution in [2.75, 3.05) is 26.1 Å². The highest BCUT2D eigenvalue weighted by Crippen LogP contribution is 2.38. The Morgan fingerprint density at radius 3 is 2.92 bits per heavy atom. The van der Waals surface area contributed by atoms with Crippen molar-refractivity contribution < 1.29 is 27.4 Å². The molecule has 0 spiro atoms. The predicted octanol–water partition coefficient (Wildman–Crippen LogP) is 2.09. The maximum Gasteiger partial charge on any atom is 0.163 e. The lowest BCUT2D eigenvalue weighted by atomic mass is 9.98. The molecule has 3 heterocycles. The third kappa shape index (κ3) is 3.89. The van der Waals surface area contributed by atoms with Crippen molar-refractivity contribution in [3.8, 4) is 0 Å². The van der Waals surface area contributed by atoms with E-state index in [-0.39, 0.29) is 25.1 Å². The lowest BCUT2D eigenvalue weighted by Crippen LogP contribution is -2.19. The first kappa shape index (κ1) is 18.4. The van der Waals surface area contributed by atoms with E-state index in [0.29, 0.717) is 18.1 Å². The molecule has 0 unspecified atom stereocenters. The highest BCUT2D eigenvalue weighted by Gasteiger charge is 2.46. The first-order valence-corrected chi connectivity index (χ1v) is 10.1. The van der Waals surface area contributed by atoms with E-state index >= 15 is 0 Å². The predicted molar refractivity (Wildman–Crippen MR) is 93.7 cm³/mol. The van der Waals surface area contributed by atoms with E-state index in [9.17, 15) is 8.42 Å². The van der Waals surface area contributed by atoms with Crippen molar-refractivity contribution in [3.63, 3.8) is 0 Å². The molecule has 25 heavy (non-hydrogen) atoms. The lowest BCUT2D eigenvalue weighted by Gasteiger charge is -2.13. The molecule has 1 N–H and O–H groups in total. The molecule has 0 aromatic carbocycles. The molecular formula is C18H24O6S. The minimum Gasteiger partial charge on any atom is -0.459 e. The third-order valence-electron chi connectivity index (χ3n) is 4.71. The quantitative estimate of drug-likeness (QED) is 0.742. The summed E-state index contributed by atoms with van der Waals surface area (Å²) in [7, 11) is -1.57. The second kappa shape index (κ2) is 7.45. The standard InChI is InChI=1S/C18H24O6S/c1-12(7-14-4-5-15(8-19)24-14)3-6-16-18-13(9-22-2)11-25(20,21)17(18)10-23-16/h4-5,7,16-17,19H,3,6,8-11H2,1-2H3/b12-7+/t16-,17+/m1/s1. The molecule has 1 saturated heterocycles. The smallest absolute Gasteiger partial charge is 0.163 e. The van der Waals surface area contributed by atoms with Gasteiger partial charge in [-0.15, -0.1) is 0 Å². The van der Waals surface area contributed by atoms with Gasteiger partial charge in [-0.1, -0.05) is 5.57 Å². The van der Waals surface area contributed by atoms with Crippen LogP contribution in [0.3, 0.4) is 0 Å². The number of aliphatic hydroxyl groups is 1. The number of fused-ring (bicyclic) bond motifs is 1. The van der Waals surface area contributed by atoms with Gasteiger partial charge in [0, 0.05) is 7.11 Å². The number of hydrogen-bond acceptors (Lipinski definition) is 6. The van der Waals surface area contributed by atoms with Crippen molar-refractivity contribution in [1.82, 2.24) is 0 Å². The van der Waals surface area contributed by atoms with Gasteiger partial charge in [0.05, 0.1) is 25.1 Å². The molecule has 0 radical (unpaired) electrons. The second-order valence-corrected chi connectivity index (χ2v) is 8.78. The normalized spacial score (nSPS) is 25.6. The molecule has 7 heteroatoms. The zero-order valence-corrected chi connectivity index (χ0v) is 15.3. The van der Waals surface area contributed by atoms with Gasteiger partial charge in [0.2, 0.25) is 0 Å². The van der Waals surface area contributed by atoms with Crippen molar-refractivity contribution in [2.24, 2.45) is 0 Å². The van der Waals surface area contributed by atoms with Crippen molar-refractivity contribution in [3.05, 3.63) is 40.4 Å². The van der Waals surface area contributed by atoms with E-state index in [0.717, 1.165) is 29.6 Å². The number of aliphatic hydroxyl groups excluding tert-OH is 1. The number of rotatable bonds is 7. The van der Waals surface area contributed by atoms with Crippen LogP contribution >= 0.6 is 0 Å². The number of furan rings is 1. The summed E-state index contributed by atoms with van der Waals surface area (Å²) in [6.07, 6.45) is 3.27. The maximum atomic E-state index is 12.3. The molecule has 0 bridgehead atoms. The fourth-order valence-electron chi connectivity index (χ4n) is 3.54. The molecule has 1 aromatic heterocycles. The van der Waals surface area contributed by atoms with Crippen LogP contribution in [0.1, 0.15) is 31.3 Å². The molecule has 0 saturated carbocycles. The fourth-order valence-corrected chi connectivity index (χ4v) is 5.47. The molecular weight excluding hydrogens is 344 g/mol. The SMILES string of the molecule is COCC1=C2[C@@H](CC/C(C)=C/c3ccc(CO)o3)OC[C@@H]2S(=O)(=O)C1. The van der Waals surface area contributed by atoms with Crippen LogP contribution in [0.25, 0.3) is 6.08 Å². The Balaban J connectivity index is 1.67. The Morgan fingerprint density at radius 1 is 1.44 bits per heavy atom. The van der Waals surface area contributed by atoms with Crippen LogP contribution in [0.15, 0.2) is 33.3 Å². The summed E-state index contributed by atoms with van der Waals surface area (Å²) in [6.45, 7) is 2.48. The zero-order valence-electron chi connectivity index (χ0n) is 14.5. The Hall–Kier alpha value is -1.41. The van der Waals surface area contributed by atoms with Gasteiger partial charge in [-0.3, -0.25) is 0 Å². The molecule has 0 amide bonds. The van der Waals surface area contributed by atoms with Crippen LogP contribution in [-0.4, -0.2) is 51.0 Å². The molecule has 6 nitrogen and oxygen atoms in total. The van der Waals surface area contributed by atoms with Gasteiger partial charge in [0.1, 0.15) is 23.4 Å². The Labute approximate surface area is 148 Å². The number of allylic oxidation sites excluding steroid dienone is 1. The number of hydrogen-bond donors (Lipinski definition) is 1. The summed E-state index contributed by atoms with van der Waals surface area (Å²) in [4.78, 5) is 0. The molecule has 0 aliphatic carbocycles. The molecule has 138 valence electrons. The summed E-state index contributed by atoms with van der Waals surface area (Å²) in [5.41, 5.74) is 2.88. The summed E-state index contributed by atoms with van der Waals surface area (Å²) >= 11 is 0. The van der Waals surface area contributed by atoms with Gasteiger partial charge in [-0.05, 0) is 49.1 Å². The molecule has 2 aliphatic rings. The van der Waals surface area contributed by atoms with E-state index in [4.69, 9.17) is 19.0 Å². The molecule has 1 fully saturated rings. The van der Waals surface area contributed by atoms with Gasteiger partial charge in [-0.2, -0.15) is 0 Å².